The molecule has 8 nitrogen and oxygen atoms in total. The molecule has 2 aromatic heterocycles. The highest BCUT2D eigenvalue weighted by Gasteiger charge is 2.26. The lowest BCUT2D eigenvalue weighted by Gasteiger charge is -2.26. The maximum Gasteiger partial charge on any atom is 0.414 e. The Morgan fingerprint density at radius 3 is 2.62 bits per heavy atom. The number of imidazole rings is 1. The van der Waals surface area contributed by atoms with Gasteiger partial charge in [0.05, 0.1) is 17.6 Å². The molecule has 0 bridgehead atoms. The fourth-order valence-electron chi connectivity index (χ4n) is 2.71. The Morgan fingerprint density at radius 2 is 2.04 bits per heavy atom. The predicted molar refractivity (Wildman–Crippen MR) is 97.5 cm³/mol. The number of carbonyl (C=O) groups excluding carboxylic acids is 2. The minimum atomic E-state index is -0.604. The molecule has 8 heteroatoms. The smallest absolute Gasteiger partial charge is 0.414 e. The summed E-state index contributed by atoms with van der Waals surface area (Å²) in [5, 5.41) is 7.39. The number of anilines is 1. The zero-order valence-electron chi connectivity index (χ0n) is 15.9. The number of fused-ring (bicyclic) bond motifs is 1. The highest BCUT2D eigenvalue weighted by atomic mass is 16.6. The van der Waals surface area contributed by atoms with Crippen LogP contribution in [-0.4, -0.2) is 45.3 Å². The standard InChI is InChI=1S/C18H25N5O3/c1-11-9-13(22(5)17(25)26-18(2,3)4)15-19-10-14(23(15)21-11)16(24)20-12-7-6-8-12/h9-10,12H,6-8H2,1-5H3,(H,20,24). The molecule has 2 aromatic rings. The number of hydrogen-bond acceptors (Lipinski definition) is 5. The van der Waals surface area contributed by atoms with E-state index in [4.69, 9.17) is 4.74 Å². The molecule has 3 rings (SSSR count). The van der Waals surface area contributed by atoms with Crippen molar-refractivity contribution in [3.8, 4) is 0 Å². The van der Waals surface area contributed by atoms with Crippen molar-refractivity contribution in [3.63, 3.8) is 0 Å². The molecule has 140 valence electrons. The molecule has 1 aliphatic rings. The van der Waals surface area contributed by atoms with Crippen molar-refractivity contribution >= 4 is 23.3 Å². The highest BCUT2D eigenvalue weighted by Crippen LogP contribution is 2.24. The van der Waals surface area contributed by atoms with Crippen molar-refractivity contribution in [2.24, 2.45) is 0 Å². The second-order valence-electron chi connectivity index (χ2n) is 7.69. The van der Waals surface area contributed by atoms with Crippen LogP contribution in [0.5, 0.6) is 0 Å². The van der Waals surface area contributed by atoms with Crippen LogP contribution in [0.3, 0.4) is 0 Å². The maximum absolute atomic E-state index is 12.5. The van der Waals surface area contributed by atoms with Gasteiger partial charge in [0.25, 0.3) is 5.91 Å². The summed E-state index contributed by atoms with van der Waals surface area (Å²) in [4.78, 5) is 30.6. The lowest BCUT2D eigenvalue weighted by molar-refractivity contribution is 0.0589. The number of rotatable bonds is 3. The molecule has 0 atom stereocenters. The zero-order valence-corrected chi connectivity index (χ0v) is 15.9. The number of hydrogen-bond donors (Lipinski definition) is 1. The Bertz CT molecular complexity index is 848. The summed E-state index contributed by atoms with van der Waals surface area (Å²) in [6.45, 7) is 7.24. The third kappa shape index (κ3) is 3.63. The van der Waals surface area contributed by atoms with Crippen LogP contribution in [0.2, 0.25) is 0 Å². The van der Waals surface area contributed by atoms with Crippen molar-refractivity contribution in [1.29, 1.82) is 0 Å². The summed E-state index contributed by atoms with van der Waals surface area (Å²) in [5.41, 5.74) is 1.39. The Balaban J connectivity index is 1.94. The van der Waals surface area contributed by atoms with Gasteiger partial charge in [-0.25, -0.2) is 14.3 Å². The van der Waals surface area contributed by atoms with E-state index < -0.39 is 11.7 Å². The lowest BCUT2D eigenvalue weighted by atomic mass is 9.93. The van der Waals surface area contributed by atoms with Crippen molar-refractivity contribution in [3.05, 3.63) is 23.7 Å². The molecule has 26 heavy (non-hydrogen) atoms. The quantitative estimate of drug-likeness (QED) is 0.910. The van der Waals surface area contributed by atoms with Gasteiger partial charge >= 0.3 is 6.09 Å². The van der Waals surface area contributed by atoms with Gasteiger partial charge in [0.2, 0.25) is 0 Å². The number of ether oxygens (including phenoxy) is 1. The van der Waals surface area contributed by atoms with Crippen molar-refractivity contribution in [2.45, 2.75) is 58.6 Å². The minimum absolute atomic E-state index is 0.203. The highest BCUT2D eigenvalue weighted by molar-refractivity contribution is 5.96. The first kappa shape index (κ1) is 18.2. The van der Waals surface area contributed by atoms with Crippen molar-refractivity contribution < 1.29 is 14.3 Å². The summed E-state index contributed by atoms with van der Waals surface area (Å²) in [6, 6.07) is 1.97. The summed E-state index contributed by atoms with van der Waals surface area (Å²) < 4.78 is 6.91. The molecule has 1 N–H and O–H groups in total. The van der Waals surface area contributed by atoms with Crippen LogP contribution < -0.4 is 10.2 Å². The summed E-state index contributed by atoms with van der Waals surface area (Å²) >= 11 is 0. The molecule has 0 unspecified atom stereocenters. The van der Waals surface area contributed by atoms with Gasteiger partial charge in [-0.2, -0.15) is 5.10 Å². The Labute approximate surface area is 152 Å². The van der Waals surface area contributed by atoms with Gasteiger partial charge < -0.3 is 10.1 Å². The van der Waals surface area contributed by atoms with E-state index >= 15 is 0 Å². The third-order valence-corrected chi connectivity index (χ3v) is 4.27. The number of aryl methyl sites for hydroxylation is 1. The van der Waals surface area contributed by atoms with Crippen molar-refractivity contribution in [2.75, 3.05) is 11.9 Å². The maximum atomic E-state index is 12.5. The normalized spacial score (nSPS) is 14.8. The molecule has 0 saturated heterocycles. The minimum Gasteiger partial charge on any atom is -0.443 e. The number of carbonyl (C=O) groups is 2. The van der Waals surface area contributed by atoms with E-state index in [1.807, 2.05) is 20.8 Å². The number of nitrogens with zero attached hydrogens (tertiary/aromatic N) is 4. The molecule has 0 aromatic carbocycles. The van der Waals surface area contributed by atoms with E-state index in [9.17, 15) is 9.59 Å². The van der Waals surface area contributed by atoms with E-state index in [1.54, 1.807) is 20.0 Å². The molecule has 0 spiro atoms. The molecule has 2 heterocycles. The van der Waals surface area contributed by atoms with Gasteiger partial charge in [-0.1, -0.05) is 0 Å². The van der Waals surface area contributed by atoms with E-state index in [0.717, 1.165) is 19.3 Å². The molecule has 0 radical (unpaired) electrons. The molecule has 1 fully saturated rings. The number of aromatic nitrogens is 3. The Morgan fingerprint density at radius 1 is 1.35 bits per heavy atom. The van der Waals surface area contributed by atoms with Crippen LogP contribution in [0, 0.1) is 6.92 Å². The average molecular weight is 359 g/mol. The van der Waals surface area contributed by atoms with Crippen molar-refractivity contribution in [1.82, 2.24) is 19.9 Å². The number of nitrogens with one attached hydrogen (secondary N) is 1. The topological polar surface area (TPSA) is 88.8 Å². The van der Waals surface area contributed by atoms with Gasteiger partial charge in [-0.05, 0) is 53.0 Å². The zero-order chi connectivity index (χ0) is 19.1. The molecular formula is C18H25N5O3. The molecule has 1 saturated carbocycles. The largest absolute Gasteiger partial charge is 0.443 e. The summed E-state index contributed by atoms with van der Waals surface area (Å²) in [6.07, 6.45) is 4.14. The fourth-order valence-corrected chi connectivity index (χ4v) is 2.71. The predicted octanol–water partition coefficient (Wildman–Crippen LogP) is 2.69. The second kappa shape index (κ2) is 6.59. The SMILES string of the molecule is Cc1cc(N(C)C(=O)OC(C)(C)C)c2ncc(C(=O)NC3CCC3)n2n1. The monoisotopic (exact) mass is 359 g/mol. The molecule has 1 aliphatic carbocycles. The van der Waals surface area contributed by atoms with E-state index in [2.05, 4.69) is 15.4 Å². The Kier molecular flexibility index (Phi) is 4.60. The van der Waals surface area contributed by atoms with Gasteiger partial charge in [0.15, 0.2) is 11.3 Å². The Hall–Kier alpha value is -2.64. The van der Waals surface area contributed by atoms with Gasteiger partial charge in [-0.15, -0.1) is 0 Å². The number of amides is 2. The summed E-state index contributed by atoms with van der Waals surface area (Å²) in [7, 11) is 1.62. The molecule has 0 aliphatic heterocycles. The van der Waals surface area contributed by atoms with E-state index in [1.165, 1.54) is 15.6 Å². The van der Waals surface area contributed by atoms with Crippen LogP contribution in [0.1, 0.15) is 56.2 Å². The van der Waals surface area contributed by atoms with Gasteiger partial charge in [-0.3, -0.25) is 9.69 Å². The first-order valence-corrected chi connectivity index (χ1v) is 8.78. The summed E-state index contributed by atoms with van der Waals surface area (Å²) in [5.74, 6) is -0.203. The van der Waals surface area contributed by atoms with Gasteiger partial charge in [0, 0.05) is 13.1 Å². The van der Waals surface area contributed by atoms with E-state index in [0.29, 0.717) is 22.7 Å². The molecule has 2 amide bonds. The molecular weight excluding hydrogens is 334 g/mol. The van der Waals surface area contributed by atoms with Crippen LogP contribution in [0.4, 0.5) is 10.5 Å². The van der Waals surface area contributed by atoms with Gasteiger partial charge in [0.1, 0.15) is 5.60 Å². The van der Waals surface area contributed by atoms with E-state index in [-0.39, 0.29) is 11.9 Å². The third-order valence-electron chi connectivity index (χ3n) is 4.27. The first-order valence-electron chi connectivity index (χ1n) is 8.78. The van der Waals surface area contributed by atoms with Crippen LogP contribution >= 0.6 is 0 Å². The van der Waals surface area contributed by atoms with Crippen LogP contribution in [0.25, 0.3) is 5.65 Å². The first-order chi connectivity index (χ1) is 12.2. The fraction of sp³-hybridized carbons (Fsp3) is 0.556. The second-order valence-corrected chi connectivity index (χ2v) is 7.69. The lowest BCUT2D eigenvalue weighted by Crippen LogP contribution is -2.40. The van der Waals surface area contributed by atoms with Crippen LogP contribution in [-0.2, 0) is 4.74 Å². The average Bonchev–Trinajstić information content (AvgIpc) is 2.91. The van der Waals surface area contributed by atoms with Crippen LogP contribution in [0.15, 0.2) is 12.3 Å².